The first-order valence-corrected chi connectivity index (χ1v) is 7.86. The van der Waals surface area contributed by atoms with E-state index in [0.717, 1.165) is 5.69 Å². The second-order valence-corrected chi connectivity index (χ2v) is 5.74. The molecule has 24 heavy (non-hydrogen) atoms. The molecule has 2 aromatic heterocycles. The van der Waals surface area contributed by atoms with Gasteiger partial charge in [-0.3, -0.25) is 10.1 Å². The second kappa shape index (κ2) is 6.76. The molecule has 0 spiro atoms. The minimum Gasteiger partial charge on any atom is -0.436 e. The van der Waals surface area contributed by atoms with Crippen molar-refractivity contribution < 1.29 is 9.66 Å². The lowest BCUT2D eigenvalue weighted by Gasteiger charge is -2.09. The number of nitro groups is 1. The number of pyridine rings is 2. The third kappa shape index (κ3) is 3.41. The van der Waals surface area contributed by atoms with Crippen molar-refractivity contribution in [3.8, 4) is 22.9 Å². The van der Waals surface area contributed by atoms with E-state index in [4.69, 9.17) is 4.74 Å². The molecule has 0 fully saturated rings. The molecule has 0 aliphatic heterocycles. The average Bonchev–Trinajstić information content (AvgIpc) is 2.58. The van der Waals surface area contributed by atoms with Gasteiger partial charge in [-0.25, -0.2) is 9.97 Å². The summed E-state index contributed by atoms with van der Waals surface area (Å²) in [6, 6.07) is 15.4. The first kappa shape index (κ1) is 16.1. The largest absolute Gasteiger partial charge is 0.436 e. The molecule has 0 radical (unpaired) electrons. The number of benzene rings is 1. The van der Waals surface area contributed by atoms with Crippen LogP contribution in [0, 0.1) is 17.0 Å². The van der Waals surface area contributed by atoms with Gasteiger partial charge in [0.25, 0.3) is 5.69 Å². The first-order valence-electron chi connectivity index (χ1n) is 7.06. The van der Waals surface area contributed by atoms with Crippen molar-refractivity contribution in [3.05, 3.63) is 75.0 Å². The van der Waals surface area contributed by atoms with E-state index in [1.165, 1.54) is 12.1 Å². The lowest BCUT2D eigenvalue weighted by molar-refractivity contribution is -0.384. The molecular formula is C17H12BrN3O3. The van der Waals surface area contributed by atoms with E-state index in [0.29, 0.717) is 15.9 Å². The van der Waals surface area contributed by atoms with Crippen LogP contribution >= 0.6 is 15.9 Å². The molecule has 7 heteroatoms. The maximum Gasteiger partial charge on any atom is 0.295 e. The van der Waals surface area contributed by atoms with Crippen molar-refractivity contribution in [2.45, 2.75) is 6.92 Å². The SMILES string of the molecule is Cc1ccc(Oc2ccc([N+](=O)[O-])c(-c3ccccc3)n2)c(Br)n1. The van der Waals surface area contributed by atoms with Gasteiger partial charge in [-0.05, 0) is 35.0 Å². The van der Waals surface area contributed by atoms with Crippen LogP contribution < -0.4 is 4.74 Å². The normalized spacial score (nSPS) is 10.4. The molecule has 1 aromatic carbocycles. The minimum absolute atomic E-state index is 0.0744. The molecule has 0 unspecified atom stereocenters. The van der Waals surface area contributed by atoms with Crippen molar-refractivity contribution in [1.29, 1.82) is 0 Å². The number of halogens is 1. The van der Waals surface area contributed by atoms with E-state index in [-0.39, 0.29) is 17.3 Å². The van der Waals surface area contributed by atoms with E-state index in [2.05, 4.69) is 25.9 Å². The summed E-state index contributed by atoms with van der Waals surface area (Å²) in [6.07, 6.45) is 0. The van der Waals surface area contributed by atoms with Crippen molar-refractivity contribution in [1.82, 2.24) is 9.97 Å². The van der Waals surface area contributed by atoms with Gasteiger partial charge in [0.2, 0.25) is 5.88 Å². The molecule has 0 N–H and O–H groups in total. The number of aryl methyl sites for hydroxylation is 1. The topological polar surface area (TPSA) is 78.2 Å². The fourth-order valence-corrected chi connectivity index (χ4v) is 2.64. The van der Waals surface area contributed by atoms with Gasteiger partial charge in [-0.2, -0.15) is 0 Å². The third-order valence-corrected chi connectivity index (χ3v) is 3.83. The summed E-state index contributed by atoms with van der Waals surface area (Å²) in [5.41, 5.74) is 1.68. The van der Waals surface area contributed by atoms with Gasteiger partial charge in [-0.1, -0.05) is 30.3 Å². The molecule has 3 rings (SSSR count). The van der Waals surface area contributed by atoms with Crippen molar-refractivity contribution in [3.63, 3.8) is 0 Å². The molecule has 0 aliphatic carbocycles. The van der Waals surface area contributed by atoms with Crippen LogP contribution in [0.1, 0.15) is 5.69 Å². The summed E-state index contributed by atoms with van der Waals surface area (Å²) in [6.45, 7) is 1.87. The van der Waals surface area contributed by atoms with Crippen LogP contribution in [0.25, 0.3) is 11.3 Å². The van der Waals surface area contributed by atoms with Crippen LogP contribution in [0.15, 0.2) is 59.2 Å². The van der Waals surface area contributed by atoms with Gasteiger partial charge >= 0.3 is 0 Å². The van der Waals surface area contributed by atoms with E-state index >= 15 is 0 Å². The van der Waals surface area contributed by atoms with E-state index < -0.39 is 4.92 Å². The smallest absolute Gasteiger partial charge is 0.295 e. The molecule has 0 saturated carbocycles. The molecule has 2 heterocycles. The van der Waals surface area contributed by atoms with Gasteiger partial charge in [0.15, 0.2) is 11.4 Å². The van der Waals surface area contributed by atoms with Gasteiger partial charge in [0.1, 0.15) is 4.60 Å². The predicted octanol–water partition coefficient (Wildman–Crippen LogP) is 4.92. The van der Waals surface area contributed by atoms with Crippen LogP contribution in [0.3, 0.4) is 0 Å². The van der Waals surface area contributed by atoms with Gasteiger partial charge in [0, 0.05) is 23.4 Å². The van der Waals surface area contributed by atoms with Crippen molar-refractivity contribution >= 4 is 21.6 Å². The lowest BCUT2D eigenvalue weighted by Crippen LogP contribution is -1.97. The molecule has 0 saturated heterocycles. The third-order valence-electron chi connectivity index (χ3n) is 3.26. The molecule has 0 bridgehead atoms. The zero-order valence-electron chi connectivity index (χ0n) is 12.6. The Kier molecular flexibility index (Phi) is 4.52. The highest BCUT2D eigenvalue weighted by molar-refractivity contribution is 9.10. The van der Waals surface area contributed by atoms with E-state index in [1.54, 1.807) is 30.3 Å². The van der Waals surface area contributed by atoms with Gasteiger partial charge in [-0.15, -0.1) is 0 Å². The Morgan fingerprint density at radius 1 is 1.04 bits per heavy atom. The zero-order valence-corrected chi connectivity index (χ0v) is 14.2. The highest BCUT2D eigenvalue weighted by Crippen LogP contribution is 2.33. The summed E-state index contributed by atoms with van der Waals surface area (Å²) in [5.74, 6) is 0.742. The van der Waals surface area contributed by atoms with Crippen LogP contribution in [0.5, 0.6) is 11.6 Å². The van der Waals surface area contributed by atoms with Gasteiger partial charge < -0.3 is 4.74 Å². The number of hydrogen-bond acceptors (Lipinski definition) is 5. The summed E-state index contributed by atoms with van der Waals surface area (Å²) in [7, 11) is 0. The summed E-state index contributed by atoms with van der Waals surface area (Å²) < 4.78 is 6.26. The van der Waals surface area contributed by atoms with E-state index in [1.807, 2.05) is 19.1 Å². The number of nitrogens with zero attached hydrogens (tertiary/aromatic N) is 3. The first-order chi connectivity index (χ1) is 11.5. The van der Waals surface area contributed by atoms with Crippen molar-refractivity contribution in [2.75, 3.05) is 0 Å². The molecule has 0 aliphatic rings. The monoisotopic (exact) mass is 385 g/mol. The maximum atomic E-state index is 11.3. The maximum absolute atomic E-state index is 11.3. The fraction of sp³-hybridized carbons (Fsp3) is 0.0588. The summed E-state index contributed by atoms with van der Waals surface area (Å²) >= 11 is 3.33. The highest BCUT2D eigenvalue weighted by atomic mass is 79.9. The lowest BCUT2D eigenvalue weighted by atomic mass is 10.1. The quantitative estimate of drug-likeness (QED) is 0.362. The summed E-state index contributed by atoms with van der Waals surface area (Å²) in [4.78, 5) is 19.4. The number of rotatable bonds is 4. The zero-order chi connectivity index (χ0) is 17.1. The van der Waals surface area contributed by atoms with Crippen molar-refractivity contribution in [2.24, 2.45) is 0 Å². The van der Waals surface area contributed by atoms with Crippen LogP contribution in [0.4, 0.5) is 5.69 Å². The number of aromatic nitrogens is 2. The Hall–Kier alpha value is -2.80. The minimum atomic E-state index is -0.456. The molecule has 0 atom stereocenters. The number of hydrogen-bond donors (Lipinski definition) is 0. The average molecular weight is 386 g/mol. The fourth-order valence-electron chi connectivity index (χ4n) is 2.15. The Bertz CT molecular complexity index is 901. The molecule has 120 valence electrons. The van der Waals surface area contributed by atoms with Crippen LogP contribution in [-0.4, -0.2) is 14.9 Å². The Morgan fingerprint density at radius 2 is 1.79 bits per heavy atom. The van der Waals surface area contributed by atoms with Crippen LogP contribution in [0.2, 0.25) is 0 Å². The van der Waals surface area contributed by atoms with Gasteiger partial charge in [0.05, 0.1) is 4.92 Å². The molecular weight excluding hydrogens is 374 g/mol. The standard InChI is InChI=1S/C17H12BrN3O3/c1-11-7-9-14(17(18)19-11)24-15-10-8-13(21(22)23)16(20-15)12-5-3-2-4-6-12/h2-10H,1H3. The molecule has 3 aromatic rings. The molecule has 0 amide bonds. The molecule has 6 nitrogen and oxygen atoms in total. The van der Waals surface area contributed by atoms with E-state index in [9.17, 15) is 10.1 Å². The van der Waals surface area contributed by atoms with Crippen LogP contribution in [-0.2, 0) is 0 Å². The summed E-state index contributed by atoms with van der Waals surface area (Å²) in [5, 5.41) is 11.3. The number of ether oxygens (including phenoxy) is 1. The predicted molar refractivity (Wildman–Crippen MR) is 93.1 cm³/mol. The Balaban J connectivity index is 2.03. The Morgan fingerprint density at radius 3 is 2.46 bits per heavy atom. The highest BCUT2D eigenvalue weighted by Gasteiger charge is 2.18. The second-order valence-electron chi connectivity index (χ2n) is 4.98. The Labute approximate surface area is 146 Å².